The molecule has 2 aromatic carbocycles. The van der Waals surface area contributed by atoms with Crippen molar-refractivity contribution in [2.45, 2.75) is 50.3 Å². The summed E-state index contributed by atoms with van der Waals surface area (Å²) in [6.07, 6.45) is 1.06. The topological polar surface area (TPSA) is 96.0 Å². The summed E-state index contributed by atoms with van der Waals surface area (Å²) >= 11 is 0. The van der Waals surface area contributed by atoms with Gasteiger partial charge in [0.25, 0.3) is 5.91 Å². The molecular formula is C24H29N3O5S. The standard InChI is InChI=1S/C24H29N3O5S/c1-17-14-27(15-18(2)32-17)33(30,31)22-9-4-7-20(13-22)24(29)25-21-8-3-6-19(12-21)16-26-11-5-10-23(26)28/h3-4,6-9,12-13,17-18H,5,10-11,14-16H2,1-2H3,(H,25,29). The van der Waals surface area contributed by atoms with E-state index >= 15 is 0 Å². The van der Waals surface area contributed by atoms with E-state index in [4.69, 9.17) is 4.74 Å². The van der Waals surface area contributed by atoms with Gasteiger partial charge in [0.05, 0.1) is 17.1 Å². The molecule has 4 rings (SSSR count). The third-order valence-corrected chi connectivity index (χ3v) is 7.68. The van der Waals surface area contributed by atoms with E-state index in [1.165, 1.54) is 16.4 Å². The van der Waals surface area contributed by atoms with E-state index in [0.717, 1.165) is 18.5 Å². The first kappa shape index (κ1) is 23.4. The molecule has 0 aromatic heterocycles. The Morgan fingerprint density at radius 3 is 2.52 bits per heavy atom. The summed E-state index contributed by atoms with van der Waals surface area (Å²) in [5.41, 5.74) is 1.77. The molecule has 0 radical (unpaired) electrons. The highest BCUT2D eigenvalue weighted by molar-refractivity contribution is 7.89. The van der Waals surface area contributed by atoms with Crippen LogP contribution in [0, 0.1) is 0 Å². The number of hydrogen-bond acceptors (Lipinski definition) is 5. The van der Waals surface area contributed by atoms with Crippen molar-refractivity contribution < 1.29 is 22.7 Å². The van der Waals surface area contributed by atoms with Crippen LogP contribution in [0.4, 0.5) is 5.69 Å². The molecule has 0 saturated carbocycles. The number of nitrogens with one attached hydrogen (secondary N) is 1. The van der Waals surface area contributed by atoms with E-state index < -0.39 is 15.9 Å². The van der Waals surface area contributed by atoms with Crippen LogP contribution >= 0.6 is 0 Å². The van der Waals surface area contributed by atoms with Crippen LogP contribution in [0.5, 0.6) is 0 Å². The lowest BCUT2D eigenvalue weighted by Gasteiger charge is -2.34. The zero-order valence-electron chi connectivity index (χ0n) is 18.9. The average molecular weight is 472 g/mol. The minimum atomic E-state index is -3.75. The normalized spacial score (nSPS) is 21.9. The summed E-state index contributed by atoms with van der Waals surface area (Å²) in [7, 11) is -3.75. The maximum atomic E-state index is 13.2. The number of benzene rings is 2. The van der Waals surface area contributed by atoms with Crippen molar-refractivity contribution >= 4 is 27.5 Å². The number of sulfonamides is 1. The number of nitrogens with zero attached hydrogens (tertiary/aromatic N) is 2. The van der Waals surface area contributed by atoms with Gasteiger partial charge < -0.3 is 15.0 Å². The summed E-state index contributed by atoms with van der Waals surface area (Å²) in [6, 6.07) is 13.4. The number of carbonyl (C=O) groups is 2. The molecule has 8 nitrogen and oxygen atoms in total. The highest BCUT2D eigenvalue weighted by atomic mass is 32.2. The van der Waals surface area contributed by atoms with Gasteiger partial charge in [-0.05, 0) is 56.2 Å². The van der Waals surface area contributed by atoms with E-state index in [1.54, 1.807) is 18.2 Å². The lowest BCUT2D eigenvalue weighted by Crippen LogP contribution is -2.48. The van der Waals surface area contributed by atoms with Gasteiger partial charge >= 0.3 is 0 Å². The number of amides is 2. The minimum Gasteiger partial charge on any atom is -0.373 e. The van der Waals surface area contributed by atoms with Gasteiger partial charge in [-0.15, -0.1) is 0 Å². The molecule has 2 atom stereocenters. The molecule has 0 aliphatic carbocycles. The first-order valence-electron chi connectivity index (χ1n) is 11.2. The fourth-order valence-corrected chi connectivity index (χ4v) is 5.95. The smallest absolute Gasteiger partial charge is 0.255 e. The summed E-state index contributed by atoms with van der Waals surface area (Å²) in [5.74, 6) is -0.253. The molecule has 0 bridgehead atoms. The van der Waals surface area contributed by atoms with Crippen LogP contribution in [0.15, 0.2) is 53.4 Å². The van der Waals surface area contributed by atoms with Gasteiger partial charge in [0.2, 0.25) is 15.9 Å². The molecule has 2 aliphatic rings. The maximum absolute atomic E-state index is 13.2. The van der Waals surface area contributed by atoms with Crippen LogP contribution in [-0.2, 0) is 26.1 Å². The third-order valence-electron chi connectivity index (χ3n) is 5.85. The molecule has 2 heterocycles. The van der Waals surface area contributed by atoms with Gasteiger partial charge in [-0.1, -0.05) is 18.2 Å². The molecule has 176 valence electrons. The van der Waals surface area contributed by atoms with Crippen molar-refractivity contribution in [1.82, 2.24) is 9.21 Å². The zero-order valence-corrected chi connectivity index (χ0v) is 19.7. The fraction of sp³-hybridized carbons (Fsp3) is 0.417. The molecule has 2 saturated heterocycles. The second-order valence-electron chi connectivity index (χ2n) is 8.68. The quantitative estimate of drug-likeness (QED) is 0.699. The van der Waals surface area contributed by atoms with Crippen molar-refractivity contribution in [3.63, 3.8) is 0 Å². The summed E-state index contributed by atoms with van der Waals surface area (Å²) < 4.78 is 33.4. The van der Waals surface area contributed by atoms with Crippen LogP contribution in [0.3, 0.4) is 0 Å². The Labute approximate surface area is 194 Å². The number of rotatable bonds is 6. The summed E-state index contributed by atoms with van der Waals surface area (Å²) in [4.78, 5) is 26.7. The monoisotopic (exact) mass is 471 g/mol. The average Bonchev–Trinajstić information content (AvgIpc) is 3.17. The van der Waals surface area contributed by atoms with Gasteiger partial charge in [0.15, 0.2) is 0 Å². The Hall–Kier alpha value is -2.75. The molecule has 0 spiro atoms. The van der Waals surface area contributed by atoms with Gasteiger partial charge in [-0.2, -0.15) is 4.31 Å². The highest BCUT2D eigenvalue weighted by Gasteiger charge is 2.32. The van der Waals surface area contributed by atoms with Gasteiger partial charge in [0, 0.05) is 43.9 Å². The van der Waals surface area contributed by atoms with Gasteiger partial charge in [-0.3, -0.25) is 9.59 Å². The second-order valence-corrected chi connectivity index (χ2v) is 10.6. The van der Waals surface area contributed by atoms with E-state index in [2.05, 4.69) is 5.32 Å². The van der Waals surface area contributed by atoms with Gasteiger partial charge in [-0.25, -0.2) is 8.42 Å². The van der Waals surface area contributed by atoms with Crippen LogP contribution in [-0.4, -0.2) is 61.3 Å². The Kier molecular flexibility index (Phi) is 6.83. The first-order valence-corrected chi connectivity index (χ1v) is 12.6. The lowest BCUT2D eigenvalue weighted by molar-refractivity contribution is -0.128. The Morgan fingerprint density at radius 1 is 1.09 bits per heavy atom. The molecule has 1 N–H and O–H groups in total. The molecule has 2 aliphatic heterocycles. The molecule has 9 heteroatoms. The Morgan fingerprint density at radius 2 is 1.82 bits per heavy atom. The van der Waals surface area contributed by atoms with Crippen molar-refractivity contribution in [3.05, 3.63) is 59.7 Å². The number of likely N-dealkylation sites (tertiary alicyclic amines) is 1. The number of ether oxygens (including phenoxy) is 1. The summed E-state index contributed by atoms with van der Waals surface area (Å²) in [5, 5.41) is 2.84. The van der Waals surface area contributed by atoms with Crippen molar-refractivity contribution in [2.75, 3.05) is 25.0 Å². The zero-order chi connectivity index (χ0) is 23.6. The molecule has 2 amide bonds. The Balaban J connectivity index is 1.48. The fourth-order valence-electron chi connectivity index (χ4n) is 4.32. The van der Waals surface area contributed by atoms with Crippen molar-refractivity contribution in [3.8, 4) is 0 Å². The van der Waals surface area contributed by atoms with E-state index in [9.17, 15) is 18.0 Å². The molecule has 2 unspecified atom stereocenters. The number of hydrogen-bond donors (Lipinski definition) is 1. The molecular weight excluding hydrogens is 442 g/mol. The van der Waals surface area contributed by atoms with E-state index in [1.807, 2.05) is 36.9 Å². The molecule has 33 heavy (non-hydrogen) atoms. The van der Waals surface area contributed by atoms with Crippen LogP contribution in [0.1, 0.15) is 42.6 Å². The van der Waals surface area contributed by atoms with Crippen LogP contribution in [0.2, 0.25) is 0 Å². The van der Waals surface area contributed by atoms with Crippen LogP contribution in [0.25, 0.3) is 0 Å². The number of anilines is 1. The maximum Gasteiger partial charge on any atom is 0.255 e. The second kappa shape index (κ2) is 9.62. The van der Waals surface area contributed by atoms with Gasteiger partial charge in [0.1, 0.15) is 0 Å². The SMILES string of the molecule is CC1CN(S(=O)(=O)c2cccc(C(=O)Nc3cccc(CN4CCCC4=O)c3)c2)CC(C)O1. The predicted molar refractivity (Wildman–Crippen MR) is 124 cm³/mol. The third kappa shape index (κ3) is 5.43. The Bertz CT molecular complexity index is 1140. The molecule has 2 fully saturated rings. The van der Waals surface area contributed by atoms with E-state index in [-0.39, 0.29) is 41.7 Å². The predicted octanol–water partition coefficient (Wildman–Crippen LogP) is 2.86. The van der Waals surface area contributed by atoms with E-state index in [0.29, 0.717) is 18.7 Å². The summed E-state index contributed by atoms with van der Waals surface area (Å²) in [6.45, 7) is 5.49. The largest absolute Gasteiger partial charge is 0.373 e. The first-order chi connectivity index (χ1) is 15.7. The lowest BCUT2D eigenvalue weighted by atomic mass is 10.1. The minimum absolute atomic E-state index is 0.0812. The highest BCUT2D eigenvalue weighted by Crippen LogP contribution is 2.23. The number of carbonyl (C=O) groups excluding carboxylic acids is 2. The van der Waals surface area contributed by atoms with Crippen molar-refractivity contribution in [1.29, 1.82) is 0 Å². The van der Waals surface area contributed by atoms with Crippen LogP contribution < -0.4 is 5.32 Å². The van der Waals surface area contributed by atoms with Crippen molar-refractivity contribution in [2.24, 2.45) is 0 Å². The number of morpholine rings is 1. The molecule has 2 aromatic rings.